The largest absolute Gasteiger partial charge is 0.497 e. The van der Waals surface area contributed by atoms with E-state index in [2.05, 4.69) is 10.0 Å². The minimum Gasteiger partial charge on any atom is -0.497 e. The van der Waals surface area contributed by atoms with Crippen LogP contribution in [0.25, 0.3) is 0 Å². The van der Waals surface area contributed by atoms with E-state index in [0.717, 1.165) is 0 Å². The van der Waals surface area contributed by atoms with Gasteiger partial charge in [-0.25, -0.2) is 8.42 Å². The number of sulfonamides is 1. The summed E-state index contributed by atoms with van der Waals surface area (Å²) in [5.41, 5.74) is 1.28. The highest BCUT2D eigenvalue weighted by Crippen LogP contribution is 2.28. The Hall–Kier alpha value is -3.56. The molecule has 0 radical (unpaired) electrons. The summed E-state index contributed by atoms with van der Waals surface area (Å²) in [5.74, 6) is 0.154. The smallest absolute Gasteiger partial charge is 0.262 e. The van der Waals surface area contributed by atoms with Crippen molar-refractivity contribution in [3.63, 3.8) is 0 Å². The molecule has 8 nitrogen and oxygen atoms in total. The molecule has 3 rings (SSSR count). The summed E-state index contributed by atoms with van der Waals surface area (Å²) in [6, 6.07) is 16.8. The number of amides is 1. The molecule has 3 aromatic rings. The molecule has 0 fully saturated rings. The van der Waals surface area contributed by atoms with Crippen molar-refractivity contribution in [2.75, 3.05) is 23.8 Å². The average Bonchev–Trinajstić information content (AvgIpc) is 2.78. The fourth-order valence-corrected chi connectivity index (χ4v) is 4.18. The van der Waals surface area contributed by atoms with E-state index >= 15 is 0 Å². The maximum absolute atomic E-state index is 12.6. The van der Waals surface area contributed by atoms with Crippen molar-refractivity contribution < 1.29 is 27.5 Å². The van der Waals surface area contributed by atoms with Gasteiger partial charge in [-0.2, -0.15) is 0 Å². The van der Waals surface area contributed by atoms with Gasteiger partial charge in [0.1, 0.15) is 11.5 Å². The predicted octanol–water partition coefficient (Wildman–Crippen LogP) is 4.37. The molecule has 33 heavy (non-hydrogen) atoms. The Labute approximate surface area is 196 Å². The molecule has 0 aromatic heterocycles. The van der Waals surface area contributed by atoms with Crippen molar-refractivity contribution in [3.05, 3.63) is 77.3 Å². The van der Waals surface area contributed by atoms with Crippen molar-refractivity contribution in [2.45, 2.75) is 11.8 Å². The van der Waals surface area contributed by atoms with E-state index in [0.29, 0.717) is 22.7 Å². The standard InChI is InChI=1S/C23H21ClN2O6S/c1-15(27)16-4-3-5-18(12-16)25-23(28)14-32-22-11-10-20(13-21(22)24)33(29,30)26-17-6-8-19(31-2)9-7-17/h3-13,26H,14H2,1-2H3,(H,25,28). The fourth-order valence-electron chi connectivity index (χ4n) is 2.80. The Kier molecular flexibility index (Phi) is 7.57. The third-order valence-corrected chi connectivity index (χ3v) is 6.14. The third kappa shape index (κ3) is 6.47. The van der Waals surface area contributed by atoms with Crippen LogP contribution in [0.2, 0.25) is 5.02 Å². The lowest BCUT2D eigenvalue weighted by atomic mass is 10.1. The van der Waals surface area contributed by atoms with Crippen LogP contribution < -0.4 is 19.5 Å². The number of anilines is 2. The highest BCUT2D eigenvalue weighted by Gasteiger charge is 2.17. The number of halogens is 1. The van der Waals surface area contributed by atoms with E-state index in [4.69, 9.17) is 21.1 Å². The van der Waals surface area contributed by atoms with Crippen molar-refractivity contribution in [1.82, 2.24) is 0 Å². The summed E-state index contributed by atoms with van der Waals surface area (Å²) in [5, 5.41) is 2.65. The average molecular weight is 489 g/mol. The van der Waals surface area contributed by atoms with Crippen molar-refractivity contribution in [1.29, 1.82) is 0 Å². The second-order valence-corrected chi connectivity index (χ2v) is 8.99. The van der Waals surface area contributed by atoms with Gasteiger partial charge in [0, 0.05) is 16.9 Å². The van der Waals surface area contributed by atoms with Crippen LogP contribution in [0, 0.1) is 0 Å². The summed E-state index contributed by atoms with van der Waals surface area (Å²) in [6.45, 7) is 1.07. The maximum atomic E-state index is 12.6. The zero-order valence-corrected chi connectivity index (χ0v) is 19.4. The van der Waals surface area contributed by atoms with E-state index in [1.165, 1.54) is 32.2 Å². The molecule has 0 saturated carbocycles. The van der Waals surface area contributed by atoms with Gasteiger partial charge >= 0.3 is 0 Å². The number of carbonyl (C=O) groups excluding carboxylic acids is 2. The van der Waals surface area contributed by atoms with Crippen LogP contribution in [-0.4, -0.2) is 33.8 Å². The van der Waals surface area contributed by atoms with Crippen LogP contribution >= 0.6 is 11.6 Å². The third-order valence-electron chi connectivity index (χ3n) is 4.47. The molecule has 2 N–H and O–H groups in total. The van der Waals surface area contributed by atoms with Gasteiger partial charge in [-0.1, -0.05) is 23.7 Å². The second kappa shape index (κ2) is 10.4. The van der Waals surface area contributed by atoms with Crippen molar-refractivity contribution in [2.24, 2.45) is 0 Å². The molecule has 0 aliphatic heterocycles. The van der Waals surface area contributed by atoms with Crippen molar-refractivity contribution >= 4 is 44.7 Å². The van der Waals surface area contributed by atoms with Crippen molar-refractivity contribution in [3.8, 4) is 11.5 Å². The minimum absolute atomic E-state index is 0.0268. The molecule has 0 aliphatic carbocycles. The molecule has 0 atom stereocenters. The highest BCUT2D eigenvalue weighted by molar-refractivity contribution is 7.92. The molecule has 0 heterocycles. The van der Waals surface area contributed by atoms with Gasteiger partial charge in [-0.3, -0.25) is 14.3 Å². The molecule has 172 valence electrons. The van der Waals surface area contributed by atoms with Crippen LogP contribution in [0.15, 0.2) is 71.6 Å². The van der Waals surface area contributed by atoms with E-state index in [1.54, 1.807) is 48.5 Å². The topological polar surface area (TPSA) is 111 Å². The molecule has 0 aliphatic rings. The first kappa shape index (κ1) is 24.1. The summed E-state index contributed by atoms with van der Waals surface area (Å²) in [7, 11) is -2.38. The number of nitrogens with one attached hydrogen (secondary N) is 2. The normalized spacial score (nSPS) is 10.9. The molecular weight excluding hydrogens is 468 g/mol. The summed E-state index contributed by atoms with van der Waals surface area (Å²) < 4.78 is 38.2. The Balaban J connectivity index is 1.63. The maximum Gasteiger partial charge on any atom is 0.262 e. The Morgan fingerprint density at radius 2 is 1.70 bits per heavy atom. The van der Waals surface area contributed by atoms with Gasteiger partial charge in [-0.15, -0.1) is 0 Å². The molecule has 0 spiro atoms. The van der Waals surface area contributed by atoms with Gasteiger partial charge in [0.15, 0.2) is 12.4 Å². The van der Waals surface area contributed by atoms with Crippen LogP contribution in [0.5, 0.6) is 11.5 Å². The minimum atomic E-state index is -3.89. The SMILES string of the molecule is COc1ccc(NS(=O)(=O)c2ccc(OCC(=O)Nc3cccc(C(C)=O)c3)c(Cl)c2)cc1. The monoisotopic (exact) mass is 488 g/mol. The zero-order chi connectivity index (χ0) is 24.0. The lowest BCUT2D eigenvalue weighted by Gasteiger charge is -2.12. The first-order valence-electron chi connectivity index (χ1n) is 9.68. The molecule has 0 saturated heterocycles. The molecule has 10 heteroatoms. The summed E-state index contributed by atoms with van der Waals surface area (Å²) >= 11 is 6.17. The number of hydrogen-bond acceptors (Lipinski definition) is 6. The Morgan fingerprint density at radius 3 is 2.33 bits per heavy atom. The van der Waals surface area contributed by atoms with Gasteiger partial charge in [0.05, 0.1) is 17.0 Å². The van der Waals surface area contributed by atoms with Gasteiger partial charge in [0.25, 0.3) is 15.9 Å². The van der Waals surface area contributed by atoms with Gasteiger partial charge < -0.3 is 14.8 Å². The first-order valence-corrected chi connectivity index (χ1v) is 11.5. The van der Waals surface area contributed by atoms with Gasteiger partial charge in [-0.05, 0) is 61.5 Å². The number of methoxy groups -OCH3 is 1. The quantitative estimate of drug-likeness (QED) is 0.433. The van der Waals surface area contributed by atoms with E-state index in [9.17, 15) is 18.0 Å². The number of hydrogen-bond donors (Lipinski definition) is 2. The van der Waals surface area contributed by atoms with E-state index in [1.807, 2.05) is 0 Å². The summed E-state index contributed by atoms with van der Waals surface area (Å²) in [6.07, 6.45) is 0. The van der Waals surface area contributed by atoms with Gasteiger partial charge in [0.2, 0.25) is 0 Å². The molecular formula is C23H21ClN2O6S. The fraction of sp³-hybridized carbons (Fsp3) is 0.130. The van der Waals surface area contributed by atoms with Crippen LogP contribution in [-0.2, 0) is 14.8 Å². The zero-order valence-electron chi connectivity index (χ0n) is 17.8. The lowest BCUT2D eigenvalue weighted by molar-refractivity contribution is -0.118. The molecule has 1 amide bonds. The number of ketones is 1. The summed E-state index contributed by atoms with van der Waals surface area (Å²) in [4.78, 5) is 23.6. The predicted molar refractivity (Wildman–Crippen MR) is 126 cm³/mol. The first-order chi connectivity index (χ1) is 15.7. The van der Waals surface area contributed by atoms with Crippen LogP contribution in [0.1, 0.15) is 17.3 Å². The van der Waals surface area contributed by atoms with E-state index < -0.39 is 15.9 Å². The molecule has 0 bridgehead atoms. The number of ether oxygens (including phenoxy) is 2. The number of carbonyl (C=O) groups is 2. The number of Topliss-reactive ketones (excluding diaryl/α,β-unsaturated/α-hetero) is 1. The Morgan fingerprint density at radius 1 is 0.970 bits per heavy atom. The van der Waals surface area contributed by atoms with E-state index in [-0.39, 0.29) is 28.1 Å². The molecule has 0 unspecified atom stereocenters. The lowest BCUT2D eigenvalue weighted by Crippen LogP contribution is -2.20. The van der Waals surface area contributed by atoms with Crippen LogP contribution in [0.3, 0.4) is 0 Å². The second-order valence-electron chi connectivity index (χ2n) is 6.90. The number of rotatable bonds is 9. The number of benzene rings is 3. The highest BCUT2D eigenvalue weighted by atomic mass is 35.5. The Bertz CT molecular complexity index is 1280. The molecule has 3 aromatic carbocycles. The van der Waals surface area contributed by atoms with Crippen LogP contribution in [0.4, 0.5) is 11.4 Å².